The fourth-order valence-corrected chi connectivity index (χ4v) is 2.70. The van der Waals surface area contributed by atoms with E-state index in [0.717, 1.165) is 5.56 Å². The maximum Gasteiger partial charge on any atom is 0.262 e. The molecule has 1 aliphatic rings. The number of carbonyl (C=O) groups is 2. The number of benzene rings is 2. The molecule has 2 aromatic carbocycles. The van der Waals surface area contributed by atoms with Crippen LogP contribution in [0.15, 0.2) is 66.9 Å². The lowest BCUT2D eigenvalue weighted by atomic mass is 10.1. The topological polar surface area (TPSA) is 89.6 Å². The maximum atomic E-state index is 12.5. The van der Waals surface area contributed by atoms with Crippen LogP contribution in [0.1, 0.15) is 15.9 Å². The Morgan fingerprint density at radius 3 is 2.79 bits per heavy atom. The van der Waals surface area contributed by atoms with Crippen LogP contribution in [0.2, 0.25) is 0 Å². The highest BCUT2D eigenvalue weighted by molar-refractivity contribution is 6.06. The summed E-state index contributed by atoms with van der Waals surface area (Å²) in [6, 6.07) is 18.1. The number of amides is 2. The van der Waals surface area contributed by atoms with Crippen LogP contribution in [0, 0.1) is 0 Å². The molecule has 2 amide bonds. The Bertz CT molecular complexity index is 1000. The van der Waals surface area contributed by atoms with Gasteiger partial charge in [-0.1, -0.05) is 30.3 Å². The summed E-state index contributed by atoms with van der Waals surface area (Å²) >= 11 is 0. The third kappa shape index (κ3) is 4.09. The van der Waals surface area contributed by atoms with Crippen molar-refractivity contribution in [3.8, 4) is 11.6 Å². The first kappa shape index (κ1) is 17.5. The van der Waals surface area contributed by atoms with Crippen LogP contribution < -0.4 is 20.1 Å². The third-order valence-electron chi connectivity index (χ3n) is 4.10. The van der Waals surface area contributed by atoms with Crippen LogP contribution in [0.25, 0.3) is 0 Å². The highest BCUT2D eigenvalue weighted by Gasteiger charge is 2.18. The molecule has 3 aromatic rings. The minimum atomic E-state index is -0.317. The zero-order valence-electron chi connectivity index (χ0n) is 14.8. The van der Waals surface area contributed by atoms with Crippen molar-refractivity contribution in [2.24, 2.45) is 0 Å². The summed E-state index contributed by atoms with van der Waals surface area (Å²) in [4.78, 5) is 28.1. The Morgan fingerprint density at radius 1 is 1.14 bits per heavy atom. The zero-order chi connectivity index (χ0) is 19.3. The second-order valence-corrected chi connectivity index (χ2v) is 6.16. The summed E-state index contributed by atoms with van der Waals surface area (Å²) < 4.78 is 10.9. The molecule has 2 N–H and O–H groups in total. The second kappa shape index (κ2) is 7.79. The number of rotatable bonds is 5. The highest BCUT2D eigenvalue weighted by Crippen LogP contribution is 2.28. The number of pyridine rings is 1. The van der Waals surface area contributed by atoms with Gasteiger partial charge in [0, 0.05) is 11.6 Å². The van der Waals surface area contributed by atoms with Crippen LogP contribution in [0.5, 0.6) is 11.6 Å². The predicted molar refractivity (Wildman–Crippen MR) is 104 cm³/mol. The molecule has 7 nitrogen and oxygen atoms in total. The van der Waals surface area contributed by atoms with Gasteiger partial charge in [0.15, 0.2) is 6.61 Å². The van der Waals surface area contributed by atoms with Crippen molar-refractivity contribution >= 4 is 23.2 Å². The van der Waals surface area contributed by atoms with Crippen molar-refractivity contribution in [2.45, 2.75) is 6.61 Å². The van der Waals surface area contributed by atoms with Crippen LogP contribution >= 0.6 is 0 Å². The first-order valence-corrected chi connectivity index (χ1v) is 8.68. The zero-order valence-corrected chi connectivity index (χ0v) is 14.8. The van der Waals surface area contributed by atoms with Gasteiger partial charge < -0.3 is 20.1 Å². The van der Waals surface area contributed by atoms with Gasteiger partial charge in [0.05, 0.1) is 17.6 Å². The summed E-state index contributed by atoms with van der Waals surface area (Å²) in [6.45, 7) is 0.394. The lowest BCUT2D eigenvalue weighted by Crippen LogP contribution is -2.25. The van der Waals surface area contributed by atoms with Crippen LogP contribution in [-0.2, 0) is 11.4 Å². The number of anilines is 2. The maximum absolute atomic E-state index is 12.5. The number of nitrogens with zero attached hydrogens (tertiary/aromatic N) is 1. The molecule has 1 aliphatic heterocycles. The minimum Gasteiger partial charge on any atom is -0.482 e. The fraction of sp³-hybridized carbons (Fsp3) is 0.0952. The standard InChI is InChI=1S/C21H17N3O4/c25-19-13-27-18-8-6-15(10-17(18)24-19)21(26)23-16-7-9-20(22-11-16)28-12-14-4-2-1-3-5-14/h1-11H,12-13H2,(H,23,26)(H,24,25). The second-order valence-electron chi connectivity index (χ2n) is 6.16. The van der Waals surface area contributed by atoms with E-state index in [1.165, 1.54) is 6.20 Å². The number of carbonyl (C=O) groups excluding carboxylic acids is 2. The summed E-state index contributed by atoms with van der Waals surface area (Å²) in [6.07, 6.45) is 1.53. The number of hydrogen-bond acceptors (Lipinski definition) is 5. The van der Waals surface area contributed by atoms with Crippen molar-refractivity contribution in [3.05, 3.63) is 78.0 Å². The predicted octanol–water partition coefficient (Wildman–Crippen LogP) is 3.24. The number of ether oxygens (including phenoxy) is 2. The largest absolute Gasteiger partial charge is 0.482 e. The average molecular weight is 375 g/mol. The van der Waals surface area contributed by atoms with E-state index in [2.05, 4.69) is 15.6 Å². The number of nitrogens with one attached hydrogen (secondary N) is 2. The molecular formula is C21H17N3O4. The van der Waals surface area contributed by atoms with Crippen molar-refractivity contribution in [3.63, 3.8) is 0 Å². The Morgan fingerprint density at radius 2 is 2.00 bits per heavy atom. The SMILES string of the molecule is O=C1COc2ccc(C(=O)Nc3ccc(OCc4ccccc4)nc3)cc2N1. The lowest BCUT2D eigenvalue weighted by Gasteiger charge is -2.18. The molecule has 0 bridgehead atoms. The van der Waals surface area contributed by atoms with E-state index < -0.39 is 0 Å². The molecule has 0 unspecified atom stereocenters. The van der Waals surface area contributed by atoms with Gasteiger partial charge in [0.2, 0.25) is 5.88 Å². The third-order valence-corrected chi connectivity index (χ3v) is 4.10. The molecule has 0 saturated carbocycles. The van der Waals surface area contributed by atoms with E-state index in [-0.39, 0.29) is 18.4 Å². The summed E-state index contributed by atoms with van der Waals surface area (Å²) in [5.74, 6) is 0.441. The molecule has 28 heavy (non-hydrogen) atoms. The molecule has 0 fully saturated rings. The smallest absolute Gasteiger partial charge is 0.262 e. The van der Waals surface area contributed by atoms with Crippen LogP contribution in [0.4, 0.5) is 11.4 Å². The minimum absolute atomic E-state index is 0.0249. The molecule has 2 heterocycles. The van der Waals surface area contributed by atoms with Gasteiger partial charge in [-0.05, 0) is 29.8 Å². The van der Waals surface area contributed by atoms with Gasteiger partial charge in [0.25, 0.3) is 11.8 Å². The van der Waals surface area contributed by atoms with Crippen molar-refractivity contribution in [2.75, 3.05) is 17.2 Å². The van der Waals surface area contributed by atoms with E-state index in [4.69, 9.17) is 9.47 Å². The first-order valence-electron chi connectivity index (χ1n) is 8.68. The van der Waals surface area contributed by atoms with E-state index in [9.17, 15) is 9.59 Å². The Kier molecular flexibility index (Phi) is 4.88. The molecule has 7 heteroatoms. The van der Waals surface area contributed by atoms with Crippen molar-refractivity contribution in [1.29, 1.82) is 0 Å². The van der Waals surface area contributed by atoms with Crippen molar-refractivity contribution in [1.82, 2.24) is 4.98 Å². The molecule has 0 radical (unpaired) electrons. The highest BCUT2D eigenvalue weighted by atomic mass is 16.5. The fourth-order valence-electron chi connectivity index (χ4n) is 2.70. The van der Waals surface area contributed by atoms with Gasteiger partial charge in [-0.15, -0.1) is 0 Å². The molecule has 0 saturated heterocycles. The Hall–Kier alpha value is -3.87. The molecule has 140 valence electrons. The Labute approximate surface area is 161 Å². The average Bonchev–Trinajstić information content (AvgIpc) is 2.73. The van der Waals surface area contributed by atoms with Gasteiger partial charge in [0.1, 0.15) is 12.4 Å². The van der Waals surface area contributed by atoms with E-state index in [1.54, 1.807) is 30.3 Å². The summed E-state index contributed by atoms with van der Waals surface area (Å²) in [5, 5.41) is 5.45. The number of aromatic nitrogens is 1. The van der Waals surface area contributed by atoms with Crippen molar-refractivity contribution < 1.29 is 19.1 Å². The normalized spacial score (nSPS) is 12.4. The molecule has 0 aliphatic carbocycles. The Balaban J connectivity index is 1.38. The van der Waals surface area contributed by atoms with Crippen LogP contribution in [-0.4, -0.2) is 23.4 Å². The number of hydrogen-bond donors (Lipinski definition) is 2. The van der Waals surface area contributed by atoms with E-state index >= 15 is 0 Å². The van der Waals surface area contributed by atoms with Gasteiger partial charge in [-0.3, -0.25) is 9.59 Å². The van der Waals surface area contributed by atoms with E-state index in [0.29, 0.717) is 35.2 Å². The van der Waals surface area contributed by atoms with Gasteiger partial charge in [-0.2, -0.15) is 0 Å². The summed E-state index contributed by atoms with van der Waals surface area (Å²) in [7, 11) is 0. The monoisotopic (exact) mass is 375 g/mol. The molecule has 0 spiro atoms. The molecule has 4 rings (SSSR count). The van der Waals surface area contributed by atoms with Gasteiger partial charge >= 0.3 is 0 Å². The molecule has 0 atom stereocenters. The van der Waals surface area contributed by atoms with Gasteiger partial charge in [-0.25, -0.2) is 4.98 Å². The van der Waals surface area contributed by atoms with Crippen LogP contribution in [0.3, 0.4) is 0 Å². The molecule has 1 aromatic heterocycles. The lowest BCUT2D eigenvalue weighted by molar-refractivity contribution is -0.118. The van der Waals surface area contributed by atoms with E-state index in [1.807, 2.05) is 30.3 Å². The quantitative estimate of drug-likeness (QED) is 0.715. The molecular weight excluding hydrogens is 358 g/mol. The number of fused-ring (bicyclic) bond motifs is 1. The first-order chi connectivity index (χ1) is 13.7. The summed E-state index contributed by atoms with van der Waals surface area (Å²) in [5.41, 5.74) is 2.46.